The lowest BCUT2D eigenvalue weighted by molar-refractivity contribution is 0.209. The normalized spacial score (nSPS) is 26.0. The highest BCUT2D eigenvalue weighted by atomic mass is 16.2. The average Bonchev–Trinajstić information content (AvgIpc) is 2.85. The van der Waals surface area contributed by atoms with Crippen molar-refractivity contribution in [3.8, 4) is 0 Å². The summed E-state index contributed by atoms with van der Waals surface area (Å²) in [6, 6.07) is 8.62. The zero-order valence-corrected chi connectivity index (χ0v) is 12.1. The van der Waals surface area contributed by atoms with Gasteiger partial charge in [-0.25, -0.2) is 4.79 Å². The fraction of sp³-hybridized carbons (Fsp3) is 0.562. The number of benzene rings is 1. The molecule has 1 aliphatic heterocycles. The molecule has 1 aromatic rings. The molecule has 0 bridgehead atoms. The molecular weight excluding hydrogens is 250 g/mol. The van der Waals surface area contributed by atoms with Crippen LogP contribution in [-0.4, -0.2) is 30.6 Å². The van der Waals surface area contributed by atoms with Gasteiger partial charge in [0.25, 0.3) is 0 Å². The molecule has 1 fully saturated rings. The number of hydrogen-bond acceptors (Lipinski definition) is 2. The number of nitrogens with two attached hydrogens (primary N) is 1. The summed E-state index contributed by atoms with van der Waals surface area (Å²) in [5.41, 5.74) is 8.44. The highest BCUT2D eigenvalue weighted by molar-refractivity contribution is 5.94. The minimum absolute atomic E-state index is 0.107. The second kappa shape index (κ2) is 5.44. The lowest BCUT2D eigenvalue weighted by Gasteiger charge is -2.35. The van der Waals surface area contributed by atoms with Crippen LogP contribution in [0.4, 0.5) is 10.5 Å². The van der Waals surface area contributed by atoms with E-state index < -0.39 is 0 Å². The monoisotopic (exact) mass is 273 g/mol. The Hall–Kier alpha value is -1.55. The molecule has 108 valence electrons. The fourth-order valence-electron chi connectivity index (χ4n) is 3.48. The minimum Gasteiger partial charge on any atom is -0.327 e. The Kier molecular flexibility index (Phi) is 3.66. The Labute approximate surface area is 120 Å². The third-order valence-electron chi connectivity index (χ3n) is 4.69. The average molecular weight is 273 g/mol. The first-order valence-electron chi connectivity index (χ1n) is 7.53. The molecule has 4 nitrogen and oxygen atoms in total. The van der Waals surface area contributed by atoms with Gasteiger partial charge in [-0.1, -0.05) is 24.6 Å². The van der Waals surface area contributed by atoms with Crippen molar-refractivity contribution in [1.82, 2.24) is 4.90 Å². The van der Waals surface area contributed by atoms with Gasteiger partial charge in [-0.2, -0.15) is 0 Å². The molecule has 1 aliphatic carbocycles. The van der Waals surface area contributed by atoms with E-state index in [9.17, 15) is 4.79 Å². The molecule has 2 amide bonds. The van der Waals surface area contributed by atoms with Crippen molar-refractivity contribution in [2.45, 2.75) is 38.3 Å². The van der Waals surface area contributed by atoms with E-state index in [1.807, 2.05) is 24.1 Å². The van der Waals surface area contributed by atoms with Crippen LogP contribution in [0.5, 0.6) is 0 Å². The van der Waals surface area contributed by atoms with Crippen molar-refractivity contribution in [1.29, 1.82) is 0 Å². The molecule has 4 heteroatoms. The zero-order valence-electron chi connectivity index (χ0n) is 12.1. The molecule has 1 heterocycles. The molecule has 2 atom stereocenters. The van der Waals surface area contributed by atoms with E-state index in [-0.39, 0.29) is 6.03 Å². The Morgan fingerprint density at radius 3 is 2.85 bits per heavy atom. The highest BCUT2D eigenvalue weighted by Crippen LogP contribution is 2.31. The summed E-state index contributed by atoms with van der Waals surface area (Å²) in [7, 11) is 1.87. The third-order valence-corrected chi connectivity index (χ3v) is 4.69. The first-order valence-corrected chi connectivity index (χ1v) is 7.53. The Morgan fingerprint density at radius 1 is 1.30 bits per heavy atom. The van der Waals surface area contributed by atoms with Gasteiger partial charge in [0.2, 0.25) is 0 Å². The largest absolute Gasteiger partial charge is 0.327 e. The Balaban J connectivity index is 1.75. The van der Waals surface area contributed by atoms with E-state index in [4.69, 9.17) is 5.73 Å². The zero-order chi connectivity index (χ0) is 14.1. The van der Waals surface area contributed by atoms with Gasteiger partial charge in [0, 0.05) is 26.2 Å². The van der Waals surface area contributed by atoms with Gasteiger partial charge in [-0.15, -0.1) is 0 Å². The predicted molar refractivity (Wildman–Crippen MR) is 80.6 cm³/mol. The summed E-state index contributed by atoms with van der Waals surface area (Å²) in [5, 5.41) is 0. The van der Waals surface area contributed by atoms with E-state index >= 15 is 0 Å². The minimum atomic E-state index is 0.107. The molecule has 20 heavy (non-hydrogen) atoms. The predicted octanol–water partition coefficient (Wildman–Crippen LogP) is 2.58. The SMILES string of the molecule is CN1Cc2ccccc2N(CCC2CCCC2N)C1=O. The number of urea groups is 1. The van der Waals surface area contributed by atoms with Crippen molar-refractivity contribution in [2.75, 3.05) is 18.5 Å². The van der Waals surface area contributed by atoms with Gasteiger partial charge in [0.1, 0.15) is 0 Å². The van der Waals surface area contributed by atoms with Gasteiger partial charge in [-0.3, -0.25) is 4.90 Å². The summed E-state index contributed by atoms with van der Waals surface area (Å²) in [5.74, 6) is 0.571. The van der Waals surface area contributed by atoms with Crippen LogP contribution in [-0.2, 0) is 6.54 Å². The van der Waals surface area contributed by atoms with Crippen LogP contribution in [0.1, 0.15) is 31.2 Å². The van der Waals surface area contributed by atoms with Gasteiger partial charge >= 0.3 is 6.03 Å². The second-order valence-electron chi connectivity index (χ2n) is 6.06. The van der Waals surface area contributed by atoms with Gasteiger partial charge < -0.3 is 10.6 Å². The first kappa shape index (κ1) is 13.4. The third kappa shape index (κ3) is 2.40. The van der Waals surface area contributed by atoms with Crippen LogP contribution in [0, 0.1) is 5.92 Å². The number of fused-ring (bicyclic) bond motifs is 1. The van der Waals surface area contributed by atoms with Crippen LogP contribution >= 0.6 is 0 Å². The summed E-state index contributed by atoms with van der Waals surface area (Å²) in [6.07, 6.45) is 4.58. The van der Waals surface area contributed by atoms with Crippen molar-refractivity contribution in [3.63, 3.8) is 0 Å². The maximum Gasteiger partial charge on any atom is 0.324 e. The quantitative estimate of drug-likeness (QED) is 0.920. The number of carbonyl (C=O) groups is 1. The topological polar surface area (TPSA) is 49.6 Å². The number of rotatable bonds is 3. The lowest BCUT2D eigenvalue weighted by Crippen LogP contribution is -2.46. The van der Waals surface area contributed by atoms with Crippen LogP contribution in [0.15, 0.2) is 24.3 Å². The number of amides is 2. The summed E-state index contributed by atoms with van der Waals surface area (Å²) < 4.78 is 0. The van der Waals surface area contributed by atoms with E-state index in [2.05, 4.69) is 12.1 Å². The van der Waals surface area contributed by atoms with E-state index in [1.165, 1.54) is 18.4 Å². The van der Waals surface area contributed by atoms with Crippen molar-refractivity contribution in [3.05, 3.63) is 29.8 Å². The molecule has 2 unspecified atom stereocenters. The first-order chi connectivity index (χ1) is 9.66. The van der Waals surface area contributed by atoms with Crippen LogP contribution < -0.4 is 10.6 Å². The fourth-order valence-corrected chi connectivity index (χ4v) is 3.48. The van der Waals surface area contributed by atoms with Gasteiger partial charge in [-0.05, 0) is 36.8 Å². The number of hydrogen-bond donors (Lipinski definition) is 1. The molecule has 0 radical (unpaired) electrons. The standard InChI is InChI=1S/C16H23N3O/c1-18-11-13-5-2-3-8-15(13)19(16(18)20)10-9-12-6-4-7-14(12)17/h2-3,5,8,12,14H,4,6-7,9-11,17H2,1H3. The van der Waals surface area contributed by atoms with Gasteiger partial charge in [0.15, 0.2) is 0 Å². The molecule has 1 saturated carbocycles. The molecule has 0 saturated heterocycles. The maximum absolute atomic E-state index is 12.4. The van der Waals surface area contributed by atoms with E-state index in [1.54, 1.807) is 4.90 Å². The number of anilines is 1. The molecule has 2 aliphatic rings. The molecule has 1 aromatic carbocycles. The second-order valence-corrected chi connectivity index (χ2v) is 6.06. The maximum atomic E-state index is 12.4. The van der Waals surface area contributed by atoms with E-state index in [0.717, 1.165) is 25.1 Å². The highest BCUT2D eigenvalue weighted by Gasteiger charge is 2.30. The molecular formula is C16H23N3O. The summed E-state index contributed by atoms with van der Waals surface area (Å²) in [4.78, 5) is 16.1. The number of carbonyl (C=O) groups excluding carboxylic acids is 1. The molecule has 3 rings (SSSR count). The van der Waals surface area contributed by atoms with Crippen molar-refractivity contribution < 1.29 is 4.79 Å². The number of nitrogens with zero attached hydrogens (tertiary/aromatic N) is 2. The van der Waals surface area contributed by atoms with Crippen LogP contribution in [0.25, 0.3) is 0 Å². The Bertz CT molecular complexity index is 502. The lowest BCUT2D eigenvalue weighted by atomic mass is 9.99. The van der Waals surface area contributed by atoms with Crippen LogP contribution in [0.2, 0.25) is 0 Å². The summed E-state index contributed by atoms with van der Waals surface area (Å²) in [6.45, 7) is 1.48. The van der Waals surface area contributed by atoms with Gasteiger partial charge in [0.05, 0.1) is 5.69 Å². The van der Waals surface area contributed by atoms with Crippen molar-refractivity contribution in [2.24, 2.45) is 11.7 Å². The molecule has 0 spiro atoms. The summed E-state index contributed by atoms with van der Waals surface area (Å²) >= 11 is 0. The number of para-hydroxylation sites is 1. The van der Waals surface area contributed by atoms with Crippen LogP contribution in [0.3, 0.4) is 0 Å². The van der Waals surface area contributed by atoms with E-state index in [0.29, 0.717) is 18.5 Å². The smallest absolute Gasteiger partial charge is 0.324 e. The molecule has 2 N–H and O–H groups in total. The molecule has 0 aromatic heterocycles. The van der Waals surface area contributed by atoms with Crippen molar-refractivity contribution >= 4 is 11.7 Å². The Morgan fingerprint density at radius 2 is 2.10 bits per heavy atom.